The predicted octanol–water partition coefficient (Wildman–Crippen LogP) is 4.91. The molecular formula is C23H26N4O. The van der Waals surface area contributed by atoms with Crippen LogP contribution in [0.25, 0.3) is 5.57 Å². The van der Waals surface area contributed by atoms with Gasteiger partial charge >= 0.3 is 0 Å². The highest BCUT2D eigenvalue weighted by atomic mass is 16.5. The van der Waals surface area contributed by atoms with Crippen molar-refractivity contribution in [1.82, 2.24) is 9.97 Å². The lowest BCUT2D eigenvalue weighted by Gasteiger charge is -2.13. The molecule has 0 unspecified atom stereocenters. The maximum atomic E-state index is 5.98. The number of nitrogens with two attached hydrogens (primary N) is 1. The van der Waals surface area contributed by atoms with Crippen LogP contribution in [0.3, 0.4) is 0 Å². The third-order valence-corrected chi connectivity index (χ3v) is 4.39. The van der Waals surface area contributed by atoms with Crippen molar-refractivity contribution in [1.29, 1.82) is 0 Å². The fourth-order valence-corrected chi connectivity index (χ4v) is 2.82. The summed E-state index contributed by atoms with van der Waals surface area (Å²) >= 11 is 0. The molecule has 0 fully saturated rings. The number of nitrogens with one attached hydrogen (secondary N) is 1. The summed E-state index contributed by atoms with van der Waals surface area (Å²) in [6.45, 7) is 7.60. The number of hydrogen-bond donors (Lipinski definition) is 2. The van der Waals surface area contributed by atoms with E-state index in [9.17, 15) is 0 Å². The quantitative estimate of drug-likeness (QED) is 0.521. The predicted molar refractivity (Wildman–Crippen MR) is 115 cm³/mol. The molecular weight excluding hydrogens is 348 g/mol. The first kappa shape index (κ1) is 19.4. The molecule has 0 aliphatic rings. The largest absolute Gasteiger partial charge is 0.483 e. The van der Waals surface area contributed by atoms with Gasteiger partial charge in [-0.3, -0.25) is 0 Å². The van der Waals surface area contributed by atoms with Crippen LogP contribution in [-0.2, 0) is 6.61 Å². The Balaban J connectivity index is 1.71. The van der Waals surface area contributed by atoms with Crippen LogP contribution in [-0.4, -0.2) is 16.5 Å². The van der Waals surface area contributed by atoms with Crippen molar-refractivity contribution in [2.75, 3.05) is 17.6 Å². The topological polar surface area (TPSA) is 73.1 Å². The minimum Gasteiger partial charge on any atom is -0.483 e. The fraction of sp³-hybridized carbons (Fsp3) is 0.217. The second-order valence-corrected chi connectivity index (χ2v) is 6.56. The van der Waals surface area contributed by atoms with Crippen LogP contribution in [0.4, 0.5) is 11.8 Å². The molecule has 0 aliphatic carbocycles. The van der Waals surface area contributed by atoms with Crippen LogP contribution in [0.2, 0.25) is 0 Å². The Morgan fingerprint density at radius 2 is 1.89 bits per heavy atom. The van der Waals surface area contributed by atoms with Gasteiger partial charge in [0.2, 0.25) is 5.95 Å². The second-order valence-electron chi connectivity index (χ2n) is 6.56. The number of ether oxygens (including phenoxy) is 1. The molecule has 3 rings (SSSR count). The third kappa shape index (κ3) is 5.10. The van der Waals surface area contributed by atoms with Gasteiger partial charge in [-0.25, -0.2) is 4.98 Å². The number of benzene rings is 2. The van der Waals surface area contributed by atoms with Crippen molar-refractivity contribution in [3.8, 4) is 5.75 Å². The molecule has 5 heteroatoms. The summed E-state index contributed by atoms with van der Waals surface area (Å²) < 4.78 is 5.98. The minimum absolute atomic E-state index is 0.229. The molecule has 2 aromatic carbocycles. The summed E-state index contributed by atoms with van der Waals surface area (Å²) in [4.78, 5) is 8.31. The van der Waals surface area contributed by atoms with Crippen molar-refractivity contribution in [2.45, 2.75) is 26.4 Å². The summed E-state index contributed by atoms with van der Waals surface area (Å²) in [7, 11) is 0. The number of anilines is 2. The molecule has 3 N–H and O–H groups in total. The number of hydrogen-bond acceptors (Lipinski definition) is 5. The molecule has 144 valence electrons. The average molecular weight is 374 g/mol. The first-order valence-electron chi connectivity index (χ1n) is 9.50. The van der Waals surface area contributed by atoms with Gasteiger partial charge < -0.3 is 15.8 Å². The summed E-state index contributed by atoms with van der Waals surface area (Å²) in [6.07, 6.45) is 3.76. The summed E-state index contributed by atoms with van der Waals surface area (Å²) in [5.74, 6) is 1.45. The minimum atomic E-state index is 0.229. The Morgan fingerprint density at radius 3 is 2.68 bits per heavy atom. The third-order valence-electron chi connectivity index (χ3n) is 4.39. The summed E-state index contributed by atoms with van der Waals surface area (Å²) in [6, 6.07) is 18.4. The number of unbranched alkanes of at least 4 members (excludes halogenated alkanes) is 1. The molecule has 0 aliphatic heterocycles. The van der Waals surface area contributed by atoms with Gasteiger partial charge in [-0.2, -0.15) is 4.98 Å². The highest BCUT2D eigenvalue weighted by Crippen LogP contribution is 2.25. The zero-order chi connectivity index (χ0) is 19.8. The average Bonchev–Trinajstić information content (AvgIpc) is 2.73. The molecule has 0 radical (unpaired) electrons. The number of nitrogen functional groups attached to an aromatic ring is 1. The van der Waals surface area contributed by atoms with Crippen LogP contribution < -0.4 is 15.8 Å². The van der Waals surface area contributed by atoms with E-state index in [2.05, 4.69) is 53.1 Å². The van der Waals surface area contributed by atoms with Crippen molar-refractivity contribution in [3.63, 3.8) is 0 Å². The Labute approximate surface area is 166 Å². The molecule has 28 heavy (non-hydrogen) atoms. The van der Waals surface area contributed by atoms with Crippen LogP contribution in [0.1, 0.15) is 36.5 Å². The van der Waals surface area contributed by atoms with E-state index < -0.39 is 0 Å². The molecule has 0 amide bonds. The van der Waals surface area contributed by atoms with E-state index in [4.69, 9.17) is 10.5 Å². The number of rotatable bonds is 9. The Bertz CT molecular complexity index is 925. The van der Waals surface area contributed by atoms with Gasteiger partial charge in [0.1, 0.15) is 6.61 Å². The van der Waals surface area contributed by atoms with E-state index in [1.165, 1.54) is 0 Å². The molecule has 0 saturated carbocycles. The molecule has 1 heterocycles. The fourth-order valence-electron chi connectivity index (χ4n) is 2.82. The maximum Gasteiger partial charge on any atom is 0.222 e. The molecule has 0 bridgehead atoms. The number of nitrogens with zero attached hydrogens (tertiary/aromatic N) is 2. The summed E-state index contributed by atoms with van der Waals surface area (Å²) in [5, 5.41) is 3.27. The van der Waals surface area contributed by atoms with Gasteiger partial charge in [0.15, 0.2) is 11.6 Å². The lowest BCUT2D eigenvalue weighted by molar-refractivity contribution is 0.305. The van der Waals surface area contributed by atoms with Gasteiger partial charge in [0.05, 0.1) is 6.20 Å². The van der Waals surface area contributed by atoms with Crippen molar-refractivity contribution < 1.29 is 4.74 Å². The van der Waals surface area contributed by atoms with Crippen LogP contribution in [0.5, 0.6) is 5.75 Å². The highest BCUT2D eigenvalue weighted by Gasteiger charge is 2.08. The second kappa shape index (κ2) is 9.55. The maximum absolute atomic E-state index is 5.98. The van der Waals surface area contributed by atoms with E-state index in [1.807, 2.05) is 30.3 Å². The smallest absolute Gasteiger partial charge is 0.222 e. The van der Waals surface area contributed by atoms with Crippen LogP contribution in [0.15, 0.2) is 67.4 Å². The van der Waals surface area contributed by atoms with Crippen LogP contribution in [0, 0.1) is 0 Å². The van der Waals surface area contributed by atoms with Crippen LogP contribution >= 0.6 is 0 Å². The van der Waals surface area contributed by atoms with E-state index >= 15 is 0 Å². The standard InChI is InChI=1S/C23H26N4O/c1-3-4-13-25-22-21(15-26-23(24)27-22)28-16-18-9-8-12-20(14-18)17(2)19-10-6-5-7-11-19/h5-12,14-15H,2-4,13,16H2,1H3,(H3,24,25,26,27). The molecule has 5 nitrogen and oxygen atoms in total. The first-order valence-corrected chi connectivity index (χ1v) is 9.50. The zero-order valence-electron chi connectivity index (χ0n) is 16.2. The Kier molecular flexibility index (Phi) is 6.63. The molecule has 0 saturated heterocycles. The van der Waals surface area contributed by atoms with Crippen molar-refractivity contribution in [2.24, 2.45) is 0 Å². The lowest BCUT2D eigenvalue weighted by atomic mass is 9.98. The number of aromatic nitrogens is 2. The molecule has 0 spiro atoms. The Hall–Kier alpha value is -3.34. The highest BCUT2D eigenvalue weighted by molar-refractivity contribution is 5.78. The SMILES string of the molecule is C=C(c1ccccc1)c1cccc(COc2cnc(N)nc2NCCCC)c1. The van der Waals surface area contributed by atoms with Gasteiger partial charge in [-0.05, 0) is 34.8 Å². The van der Waals surface area contributed by atoms with Gasteiger partial charge in [-0.1, -0.05) is 68.5 Å². The van der Waals surface area contributed by atoms with E-state index in [1.54, 1.807) is 6.20 Å². The van der Waals surface area contributed by atoms with Gasteiger partial charge in [0.25, 0.3) is 0 Å². The molecule has 0 atom stereocenters. The first-order chi connectivity index (χ1) is 13.7. The van der Waals surface area contributed by atoms with Gasteiger partial charge in [0, 0.05) is 6.54 Å². The lowest BCUT2D eigenvalue weighted by Crippen LogP contribution is -2.08. The summed E-state index contributed by atoms with van der Waals surface area (Å²) in [5.41, 5.74) is 9.93. The van der Waals surface area contributed by atoms with Crippen molar-refractivity contribution >= 4 is 17.3 Å². The Morgan fingerprint density at radius 1 is 1.11 bits per heavy atom. The zero-order valence-corrected chi connectivity index (χ0v) is 16.2. The van der Waals surface area contributed by atoms with Gasteiger partial charge in [-0.15, -0.1) is 0 Å². The normalized spacial score (nSPS) is 10.5. The van der Waals surface area contributed by atoms with E-state index in [-0.39, 0.29) is 5.95 Å². The molecule has 3 aromatic rings. The molecule has 1 aromatic heterocycles. The van der Waals surface area contributed by atoms with E-state index in [0.29, 0.717) is 18.2 Å². The monoisotopic (exact) mass is 374 g/mol. The van der Waals surface area contributed by atoms with E-state index in [0.717, 1.165) is 41.6 Å². The van der Waals surface area contributed by atoms with Crippen molar-refractivity contribution in [3.05, 3.63) is 84.1 Å².